The molecule has 3 aromatic rings. The third-order valence-electron chi connectivity index (χ3n) is 6.08. The van der Waals surface area contributed by atoms with Gasteiger partial charge in [-0.1, -0.05) is 49.4 Å². The van der Waals surface area contributed by atoms with E-state index in [1.165, 1.54) is 16.9 Å². The van der Waals surface area contributed by atoms with Crippen LogP contribution in [0, 0.1) is 3.57 Å². The van der Waals surface area contributed by atoms with Crippen molar-refractivity contribution in [2.24, 2.45) is 4.99 Å². The Balaban J connectivity index is 1.92. The van der Waals surface area contributed by atoms with E-state index < -0.39 is 12.0 Å². The smallest absolute Gasteiger partial charge is 0.338 e. The molecule has 0 unspecified atom stereocenters. The van der Waals surface area contributed by atoms with Crippen molar-refractivity contribution in [2.45, 2.75) is 46.6 Å². The van der Waals surface area contributed by atoms with Crippen molar-refractivity contribution in [2.75, 3.05) is 13.2 Å². The number of halogens is 1. The normalized spacial score (nSPS) is 15.5. The minimum atomic E-state index is -0.655. The Hall–Kier alpha value is -2.92. The molecule has 37 heavy (non-hydrogen) atoms. The maximum absolute atomic E-state index is 13.8. The van der Waals surface area contributed by atoms with Gasteiger partial charge in [0, 0.05) is 0 Å². The van der Waals surface area contributed by atoms with Crippen molar-refractivity contribution in [3.8, 4) is 11.5 Å². The maximum Gasteiger partial charge on any atom is 0.338 e. The van der Waals surface area contributed by atoms with Crippen molar-refractivity contribution in [3.63, 3.8) is 0 Å². The lowest BCUT2D eigenvalue weighted by Crippen LogP contribution is -2.39. The van der Waals surface area contributed by atoms with Crippen molar-refractivity contribution in [1.82, 2.24) is 4.57 Å². The summed E-state index contributed by atoms with van der Waals surface area (Å²) in [5.74, 6) is 0.301. The third kappa shape index (κ3) is 5.38. The number of aromatic hydroxyl groups is 1. The summed E-state index contributed by atoms with van der Waals surface area (Å²) in [7, 11) is 0. The molecular formula is C28H29IN2O5S. The standard InChI is InChI=1S/C28H29IN2O5S/c1-6-35-21-13-17(12-20(29)25(21)32)14-22-26(33)31-24(19-10-8-18(9-11-19)15(3)4)23(27(34)36-7-2)16(5)30-28(31)37-22/h8-15,24,32H,6-7H2,1-5H3/b22-14-/t24-/m0/s1. The summed E-state index contributed by atoms with van der Waals surface area (Å²) in [5, 5.41) is 10.3. The topological polar surface area (TPSA) is 90.1 Å². The second-order valence-corrected chi connectivity index (χ2v) is 11.1. The predicted molar refractivity (Wildman–Crippen MR) is 153 cm³/mol. The van der Waals surface area contributed by atoms with Gasteiger partial charge >= 0.3 is 5.97 Å². The summed E-state index contributed by atoms with van der Waals surface area (Å²) in [6, 6.07) is 10.8. The van der Waals surface area contributed by atoms with Crippen LogP contribution in [-0.2, 0) is 9.53 Å². The van der Waals surface area contributed by atoms with Gasteiger partial charge in [-0.15, -0.1) is 0 Å². The molecule has 7 nitrogen and oxygen atoms in total. The van der Waals surface area contributed by atoms with Crippen molar-refractivity contribution < 1.29 is 19.4 Å². The molecule has 2 aromatic carbocycles. The predicted octanol–water partition coefficient (Wildman–Crippen LogP) is 4.63. The number of hydrogen-bond donors (Lipinski definition) is 1. The molecule has 4 rings (SSSR count). The fourth-order valence-electron chi connectivity index (χ4n) is 4.26. The van der Waals surface area contributed by atoms with Crippen LogP contribution < -0.4 is 19.6 Å². The van der Waals surface area contributed by atoms with Gasteiger partial charge in [0.15, 0.2) is 16.3 Å². The highest BCUT2D eigenvalue weighted by Crippen LogP contribution is 2.34. The second-order valence-electron chi connectivity index (χ2n) is 8.91. The molecule has 1 aliphatic rings. The average Bonchev–Trinajstić information content (AvgIpc) is 3.15. The number of aromatic nitrogens is 1. The number of rotatable bonds is 7. The summed E-state index contributed by atoms with van der Waals surface area (Å²) in [4.78, 5) is 32.0. The van der Waals surface area contributed by atoms with E-state index >= 15 is 0 Å². The van der Waals surface area contributed by atoms with Crippen LogP contribution in [-0.4, -0.2) is 28.9 Å². The van der Waals surface area contributed by atoms with E-state index in [9.17, 15) is 14.7 Å². The summed E-state index contributed by atoms with van der Waals surface area (Å²) < 4.78 is 13.6. The van der Waals surface area contributed by atoms with Crippen LogP contribution in [0.4, 0.5) is 0 Å². The van der Waals surface area contributed by atoms with Gasteiger partial charge < -0.3 is 14.6 Å². The Morgan fingerprint density at radius 1 is 1.22 bits per heavy atom. The van der Waals surface area contributed by atoms with Crippen LogP contribution >= 0.6 is 33.9 Å². The molecule has 1 atom stereocenters. The van der Waals surface area contributed by atoms with E-state index in [4.69, 9.17) is 9.47 Å². The Morgan fingerprint density at radius 2 is 1.92 bits per heavy atom. The molecule has 0 radical (unpaired) electrons. The monoisotopic (exact) mass is 632 g/mol. The molecule has 1 aliphatic heterocycles. The summed E-state index contributed by atoms with van der Waals surface area (Å²) >= 11 is 3.29. The van der Waals surface area contributed by atoms with E-state index in [0.29, 0.717) is 42.4 Å². The number of allylic oxidation sites excluding steroid dienone is 1. The number of fused-ring (bicyclic) bond motifs is 1. The lowest BCUT2D eigenvalue weighted by Gasteiger charge is -2.25. The molecule has 1 aromatic heterocycles. The van der Waals surface area contributed by atoms with Gasteiger partial charge in [-0.05, 0) is 84.2 Å². The van der Waals surface area contributed by atoms with Gasteiger partial charge in [0.1, 0.15) is 0 Å². The Kier molecular flexibility index (Phi) is 8.23. The van der Waals surface area contributed by atoms with Gasteiger partial charge in [0.05, 0.1) is 38.6 Å². The molecule has 0 fully saturated rings. The first-order chi connectivity index (χ1) is 17.7. The average molecular weight is 633 g/mol. The zero-order valence-electron chi connectivity index (χ0n) is 21.4. The van der Waals surface area contributed by atoms with Crippen molar-refractivity contribution in [3.05, 3.63) is 87.6 Å². The molecule has 9 heteroatoms. The number of thiazole rings is 1. The Labute approximate surface area is 232 Å². The molecular weight excluding hydrogens is 603 g/mol. The number of ether oxygens (including phenoxy) is 2. The summed E-state index contributed by atoms with van der Waals surface area (Å²) in [5.41, 5.74) is 3.33. The van der Waals surface area contributed by atoms with Crippen LogP contribution in [0.5, 0.6) is 11.5 Å². The van der Waals surface area contributed by atoms with Gasteiger partial charge in [0.2, 0.25) is 0 Å². The summed E-state index contributed by atoms with van der Waals surface area (Å²) in [6.07, 6.45) is 1.76. The highest BCUT2D eigenvalue weighted by Gasteiger charge is 2.33. The first kappa shape index (κ1) is 27.1. The second kappa shape index (κ2) is 11.2. The van der Waals surface area contributed by atoms with Crippen molar-refractivity contribution >= 4 is 46.0 Å². The van der Waals surface area contributed by atoms with Crippen LogP contribution in [0.25, 0.3) is 6.08 Å². The SMILES string of the molecule is CCOC(=O)C1=C(C)N=c2s/c(=C\c3cc(I)c(O)c(OCC)c3)c(=O)n2[C@H]1c1ccc(C(C)C)cc1. The number of phenolic OH excluding ortho intramolecular Hbond substituents is 1. The lowest BCUT2D eigenvalue weighted by atomic mass is 9.93. The van der Waals surface area contributed by atoms with Crippen LogP contribution in [0.1, 0.15) is 63.3 Å². The van der Waals surface area contributed by atoms with E-state index in [1.54, 1.807) is 36.6 Å². The molecule has 0 saturated carbocycles. The van der Waals surface area contributed by atoms with Crippen LogP contribution in [0.2, 0.25) is 0 Å². The Morgan fingerprint density at radius 3 is 2.54 bits per heavy atom. The molecule has 194 valence electrons. The molecule has 0 aliphatic carbocycles. The highest BCUT2D eigenvalue weighted by molar-refractivity contribution is 14.1. The highest BCUT2D eigenvalue weighted by atomic mass is 127. The maximum atomic E-state index is 13.8. The van der Waals surface area contributed by atoms with Gasteiger partial charge in [-0.3, -0.25) is 9.36 Å². The van der Waals surface area contributed by atoms with Crippen molar-refractivity contribution in [1.29, 1.82) is 0 Å². The minimum Gasteiger partial charge on any atom is -0.504 e. The van der Waals surface area contributed by atoms with Crippen LogP contribution in [0.3, 0.4) is 0 Å². The fourth-order valence-corrected chi connectivity index (χ4v) is 5.94. The first-order valence-corrected chi connectivity index (χ1v) is 14.0. The molecule has 0 spiro atoms. The molecule has 0 amide bonds. The fraction of sp³-hybridized carbons (Fsp3) is 0.321. The number of phenols is 1. The van der Waals surface area contributed by atoms with E-state index in [1.807, 2.05) is 53.8 Å². The number of benzene rings is 2. The first-order valence-electron chi connectivity index (χ1n) is 12.1. The van der Waals surface area contributed by atoms with E-state index in [2.05, 4.69) is 18.8 Å². The quantitative estimate of drug-likeness (QED) is 0.303. The van der Waals surface area contributed by atoms with Crippen LogP contribution in [0.15, 0.2) is 57.5 Å². The Bertz CT molecular complexity index is 1550. The largest absolute Gasteiger partial charge is 0.504 e. The van der Waals surface area contributed by atoms with Gasteiger partial charge in [-0.25, -0.2) is 9.79 Å². The molecule has 1 N–H and O–H groups in total. The zero-order valence-corrected chi connectivity index (χ0v) is 24.3. The molecule has 0 bridgehead atoms. The number of esters is 1. The number of carbonyl (C=O) groups excluding carboxylic acids is 1. The van der Waals surface area contributed by atoms with E-state index in [0.717, 1.165) is 11.1 Å². The van der Waals surface area contributed by atoms with E-state index in [-0.39, 0.29) is 17.9 Å². The number of nitrogens with zero attached hydrogens (tertiary/aromatic N) is 2. The summed E-state index contributed by atoms with van der Waals surface area (Å²) in [6.45, 7) is 10.2. The molecule has 2 heterocycles. The zero-order chi connectivity index (χ0) is 26.9. The lowest BCUT2D eigenvalue weighted by molar-refractivity contribution is -0.139. The number of hydrogen-bond acceptors (Lipinski definition) is 7. The number of carbonyl (C=O) groups is 1. The van der Waals surface area contributed by atoms with Gasteiger partial charge in [0.25, 0.3) is 5.56 Å². The molecule has 0 saturated heterocycles. The third-order valence-corrected chi connectivity index (χ3v) is 7.89. The minimum absolute atomic E-state index is 0.0700. The van der Waals surface area contributed by atoms with Gasteiger partial charge in [-0.2, -0.15) is 0 Å².